The minimum absolute atomic E-state index is 0.493. The van der Waals surface area contributed by atoms with Crippen LogP contribution >= 0.6 is 0 Å². The molecule has 15 heavy (non-hydrogen) atoms. The molecule has 0 aromatic heterocycles. The maximum Gasteiger partial charge on any atom is 0.0464 e. The molecule has 0 aliphatic carbocycles. The Bertz CT molecular complexity index is 199. The SMILES string of the molecule is C=CC(CCC)N(C=C(C)C)CC(C)C. The Morgan fingerprint density at radius 1 is 1.33 bits per heavy atom. The second-order valence-corrected chi connectivity index (χ2v) is 4.89. The lowest BCUT2D eigenvalue weighted by Crippen LogP contribution is -2.32. The van der Waals surface area contributed by atoms with E-state index in [9.17, 15) is 0 Å². The van der Waals surface area contributed by atoms with Gasteiger partial charge in [-0.25, -0.2) is 0 Å². The normalized spacial score (nSPS) is 12.4. The lowest BCUT2D eigenvalue weighted by atomic mass is 10.1. The van der Waals surface area contributed by atoms with Gasteiger partial charge in [0.1, 0.15) is 0 Å². The molecule has 0 amide bonds. The maximum atomic E-state index is 3.94. The summed E-state index contributed by atoms with van der Waals surface area (Å²) < 4.78 is 0. The molecule has 0 bridgehead atoms. The molecule has 1 atom stereocenters. The van der Waals surface area contributed by atoms with Gasteiger partial charge in [-0.15, -0.1) is 6.58 Å². The molecule has 0 radical (unpaired) electrons. The van der Waals surface area contributed by atoms with E-state index in [1.807, 2.05) is 0 Å². The standard InChI is InChI=1S/C14H27N/c1-7-9-14(8-2)15(10-12(3)4)11-13(5)6/h8,10,13-14H,2,7,9,11H2,1,3-6H3. The second-order valence-electron chi connectivity index (χ2n) is 4.89. The van der Waals surface area contributed by atoms with Gasteiger partial charge in [-0.1, -0.05) is 38.8 Å². The molecule has 1 unspecified atom stereocenters. The van der Waals surface area contributed by atoms with Gasteiger partial charge in [-0.3, -0.25) is 0 Å². The number of hydrogen-bond donors (Lipinski definition) is 0. The van der Waals surface area contributed by atoms with Crippen LogP contribution in [0.1, 0.15) is 47.5 Å². The summed E-state index contributed by atoms with van der Waals surface area (Å²) in [5.74, 6) is 0.694. The summed E-state index contributed by atoms with van der Waals surface area (Å²) in [5.41, 5.74) is 1.36. The van der Waals surface area contributed by atoms with Gasteiger partial charge in [0, 0.05) is 12.6 Å². The first kappa shape index (κ1) is 14.3. The molecule has 0 aromatic carbocycles. The van der Waals surface area contributed by atoms with Crippen LogP contribution in [-0.2, 0) is 0 Å². The van der Waals surface area contributed by atoms with Crippen LogP contribution in [0, 0.1) is 5.92 Å². The Kier molecular flexibility index (Phi) is 7.19. The van der Waals surface area contributed by atoms with Crippen LogP contribution in [0.15, 0.2) is 24.4 Å². The molecule has 0 aliphatic rings. The zero-order valence-corrected chi connectivity index (χ0v) is 11.1. The van der Waals surface area contributed by atoms with Crippen molar-refractivity contribution in [3.8, 4) is 0 Å². The average molecular weight is 209 g/mol. The van der Waals surface area contributed by atoms with Crippen molar-refractivity contribution in [1.82, 2.24) is 4.90 Å². The van der Waals surface area contributed by atoms with E-state index in [1.165, 1.54) is 18.4 Å². The smallest absolute Gasteiger partial charge is 0.0464 e. The summed E-state index contributed by atoms with van der Waals surface area (Å²) in [5, 5.41) is 0. The summed E-state index contributed by atoms with van der Waals surface area (Å²) in [6, 6.07) is 0.493. The van der Waals surface area contributed by atoms with Crippen molar-refractivity contribution in [2.75, 3.05) is 6.54 Å². The van der Waals surface area contributed by atoms with Crippen LogP contribution in [-0.4, -0.2) is 17.5 Å². The molecule has 1 nitrogen and oxygen atoms in total. The lowest BCUT2D eigenvalue weighted by molar-refractivity contribution is 0.271. The minimum atomic E-state index is 0.493. The number of nitrogens with zero attached hydrogens (tertiary/aromatic N) is 1. The van der Waals surface area contributed by atoms with Crippen LogP contribution in [0.4, 0.5) is 0 Å². The van der Waals surface area contributed by atoms with Crippen LogP contribution in [0.3, 0.4) is 0 Å². The average Bonchev–Trinajstić information content (AvgIpc) is 2.11. The summed E-state index contributed by atoms with van der Waals surface area (Å²) in [7, 11) is 0. The zero-order valence-electron chi connectivity index (χ0n) is 11.1. The molecule has 0 aliphatic heterocycles. The number of rotatable bonds is 7. The Morgan fingerprint density at radius 2 is 1.93 bits per heavy atom. The van der Waals surface area contributed by atoms with E-state index in [-0.39, 0.29) is 0 Å². The van der Waals surface area contributed by atoms with E-state index < -0.39 is 0 Å². The summed E-state index contributed by atoms with van der Waals surface area (Å²) in [6.45, 7) is 16.1. The molecule has 0 fully saturated rings. The highest BCUT2D eigenvalue weighted by molar-refractivity contribution is 4.99. The van der Waals surface area contributed by atoms with Crippen molar-refractivity contribution in [2.24, 2.45) is 5.92 Å². The fourth-order valence-electron chi connectivity index (χ4n) is 1.75. The first-order valence-corrected chi connectivity index (χ1v) is 6.04. The van der Waals surface area contributed by atoms with Crippen LogP contribution in [0.25, 0.3) is 0 Å². The zero-order chi connectivity index (χ0) is 11.8. The van der Waals surface area contributed by atoms with Crippen molar-refractivity contribution >= 4 is 0 Å². The van der Waals surface area contributed by atoms with E-state index in [2.05, 4.69) is 58.4 Å². The second kappa shape index (κ2) is 7.56. The predicted molar refractivity (Wildman–Crippen MR) is 69.9 cm³/mol. The van der Waals surface area contributed by atoms with Crippen molar-refractivity contribution in [1.29, 1.82) is 0 Å². The molecule has 0 aromatic rings. The van der Waals surface area contributed by atoms with Crippen molar-refractivity contribution < 1.29 is 0 Å². The van der Waals surface area contributed by atoms with Crippen LogP contribution in [0.5, 0.6) is 0 Å². The van der Waals surface area contributed by atoms with Gasteiger partial charge in [-0.2, -0.15) is 0 Å². The van der Waals surface area contributed by atoms with E-state index in [1.54, 1.807) is 0 Å². The molecule has 88 valence electrons. The van der Waals surface area contributed by atoms with Gasteiger partial charge in [-0.05, 0) is 32.4 Å². The molecule has 0 N–H and O–H groups in total. The molecule has 0 heterocycles. The monoisotopic (exact) mass is 209 g/mol. The largest absolute Gasteiger partial charge is 0.371 e. The molecule has 0 spiro atoms. The molecular weight excluding hydrogens is 182 g/mol. The van der Waals surface area contributed by atoms with Gasteiger partial charge >= 0.3 is 0 Å². The van der Waals surface area contributed by atoms with E-state index >= 15 is 0 Å². The summed E-state index contributed by atoms with van der Waals surface area (Å²) in [4.78, 5) is 2.43. The molecular formula is C14H27N. The molecule has 0 saturated carbocycles. The third-order valence-corrected chi connectivity index (χ3v) is 2.28. The topological polar surface area (TPSA) is 3.24 Å². The Morgan fingerprint density at radius 3 is 2.27 bits per heavy atom. The predicted octanol–water partition coefficient (Wildman–Crippen LogP) is 4.22. The maximum absolute atomic E-state index is 3.94. The summed E-state index contributed by atoms with van der Waals surface area (Å²) in [6.07, 6.45) is 6.75. The van der Waals surface area contributed by atoms with Gasteiger partial charge < -0.3 is 4.90 Å². The van der Waals surface area contributed by atoms with Crippen molar-refractivity contribution in [3.63, 3.8) is 0 Å². The Labute approximate surface area is 95.9 Å². The van der Waals surface area contributed by atoms with Crippen molar-refractivity contribution in [3.05, 3.63) is 24.4 Å². The quantitative estimate of drug-likeness (QED) is 0.567. The Balaban J connectivity index is 4.57. The third-order valence-electron chi connectivity index (χ3n) is 2.28. The van der Waals surface area contributed by atoms with Gasteiger partial charge in [0.05, 0.1) is 0 Å². The molecule has 0 saturated heterocycles. The van der Waals surface area contributed by atoms with E-state index in [0.29, 0.717) is 12.0 Å². The van der Waals surface area contributed by atoms with Crippen LogP contribution in [0.2, 0.25) is 0 Å². The van der Waals surface area contributed by atoms with E-state index in [4.69, 9.17) is 0 Å². The fourth-order valence-corrected chi connectivity index (χ4v) is 1.75. The van der Waals surface area contributed by atoms with Crippen LogP contribution < -0.4 is 0 Å². The highest BCUT2D eigenvalue weighted by Crippen LogP contribution is 2.13. The first-order valence-electron chi connectivity index (χ1n) is 6.04. The highest BCUT2D eigenvalue weighted by Gasteiger charge is 2.12. The number of allylic oxidation sites excluding steroid dienone is 1. The first-order chi connectivity index (χ1) is 7.01. The molecule has 0 rings (SSSR count). The van der Waals surface area contributed by atoms with E-state index in [0.717, 1.165) is 6.54 Å². The highest BCUT2D eigenvalue weighted by atomic mass is 15.1. The fraction of sp³-hybridized carbons (Fsp3) is 0.714. The van der Waals surface area contributed by atoms with Gasteiger partial charge in [0.15, 0.2) is 0 Å². The lowest BCUT2D eigenvalue weighted by Gasteiger charge is -2.30. The number of hydrogen-bond acceptors (Lipinski definition) is 1. The minimum Gasteiger partial charge on any atom is -0.371 e. The van der Waals surface area contributed by atoms with Gasteiger partial charge in [0.2, 0.25) is 0 Å². The van der Waals surface area contributed by atoms with Crippen molar-refractivity contribution in [2.45, 2.75) is 53.5 Å². The summed E-state index contributed by atoms with van der Waals surface area (Å²) >= 11 is 0. The third kappa shape index (κ3) is 6.38. The molecule has 1 heteroatoms. The van der Waals surface area contributed by atoms with Gasteiger partial charge in [0.25, 0.3) is 0 Å². The Hall–Kier alpha value is -0.720.